The molecule has 0 bridgehead atoms. The lowest BCUT2D eigenvalue weighted by molar-refractivity contribution is -0.111. The van der Waals surface area contributed by atoms with Crippen LogP contribution in [-0.2, 0) is 4.79 Å². The van der Waals surface area contributed by atoms with Crippen molar-refractivity contribution in [2.45, 2.75) is 13.8 Å². The standard InChI is InChI=1S/C17H15Cl2NO/c1-11-6-7-13(10-12(11)2)20-17(21)9-8-14-15(18)4-3-5-16(14)19/h3-10H,1-2H3,(H,20,21)/b9-8+. The van der Waals surface area contributed by atoms with E-state index in [1.807, 2.05) is 32.0 Å². The van der Waals surface area contributed by atoms with Crippen LogP contribution in [0.4, 0.5) is 5.69 Å². The lowest BCUT2D eigenvalue weighted by Gasteiger charge is -2.06. The molecule has 0 aliphatic heterocycles. The molecule has 2 aromatic rings. The fourth-order valence-corrected chi connectivity index (χ4v) is 2.36. The van der Waals surface area contributed by atoms with Crippen molar-refractivity contribution in [3.63, 3.8) is 0 Å². The van der Waals surface area contributed by atoms with E-state index in [0.29, 0.717) is 15.6 Å². The van der Waals surface area contributed by atoms with E-state index in [0.717, 1.165) is 11.3 Å². The number of carbonyl (C=O) groups excluding carboxylic acids is 1. The lowest BCUT2D eigenvalue weighted by Crippen LogP contribution is -2.07. The van der Waals surface area contributed by atoms with Gasteiger partial charge in [-0.2, -0.15) is 0 Å². The topological polar surface area (TPSA) is 29.1 Å². The molecule has 0 aliphatic carbocycles. The van der Waals surface area contributed by atoms with Crippen molar-refractivity contribution in [2.75, 3.05) is 5.32 Å². The number of amides is 1. The minimum absolute atomic E-state index is 0.228. The van der Waals surface area contributed by atoms with E-state index < -0.39 is 0 Å². The Morgan fingerprint density at radius 3 is 2.33 bits per heavy atom. The van der Waals surface area contributed by atoms with E-state index >= 15 is 0 Å². The number of carbonyl (C=O) groups is 1. The van der Waals surface area contributed by atoms with Crippen molar-refractivity contribution >= 4 is 40.9 Å². The van der Waals surface area contributed by atoms with Crippen LogP contribution < -0.4 is 5.32 Å². The number of hydrogen-bond donors (Lipinski definition) is 1. The predicted octanol–water partition coefficient (Wildman–Crippen LogP) is 5.26. The molecular formula is C17H15Cl2NO. The summed E-state index contributed by atoms with van der Waals surface area (Å²) >= 11 is 12.1. The summed E-state index contributed by atoms with van der Waals surface area (Å²) in [7, 11) is 0. The van der Waals surface area contributed by atoms with Crippen LogP contribution in [0.25, 0.3) is 6.08 Å². The number of benzene rings is 2. The normalized spacial score (nSPS) is 10.9. The molecule has 108 valence electrons. The third-order valence-electron chi connectivity index (χ3n) is 3.18. The molecular weight excluding hydrogens is 305 g/mol. The van der Waals surface area contributed by atoms with Crippen molar-refractivity contribution in [3.8, 4) is 0 Å². The van der Waals surface area contributed by atoms with Gasteiger partial charge in [0, 0.05) is 27.4 Å². The summed E-state index contributed by atoms with van der Waals surface area (Å²) in [4.78, 5) is 11.9. The molecule has 0 aromatic heterocycles. The molecule has 0 unspecified atom stereocenters. The van der Waals surface area contributed by atoms with E-state index in [-0.39, 0.29) is 5.91 Å². The summed E-state index contributed by atoms with van der Waals surface area (Å²) in [6, 6.07) is 11.0. The molecule has 21 heavy (non-hydrogen) atoms. The average Bonchev–Trinajstić information content (AvgIpc) is 2.42. The van der Waals surface area contributed by atoms with Gasteiger partial charge in [0.05, 0.1) is 0 Å². The van der Waals surface area contributed by atoms with Crippen molar-refractivity contribution in [3.05, 3.63) is 69.2 Å². The summed E-state index contributed by atoms with van der Waals surface area (Å²) < 4.78 is 0. The van der Waals surface area contributed by atoms with E-state index in [1.165, 1.54) is 11.6 Å². The Morgan fingerprint density at radius 2 is 1.71 bits per heavy atom. The zero-order valence-corrected chi connectivity index (χ0v) is 13.3. The van der Waals surface area contributed by atoms with Gasteiger partial charge in [0.25, 0.3) is 0 Å². The van der Waals surface area contributed by atoms with Crippen molar-refractivity contribution < 1.29 is 4.79 Å². The van der Waals surface area contributed by atoms with E-state index in [9.17, 15) is 4.79 Å². The summed E-state index contributed by atoms with van der Waals surface area (Å²) in [6.07, 6.45) is 3.03. The molecule has 0 atom stereocenters. The van der Waals surface area contributed by atoms with Gasteiger partial charge in [-0.05, 0) is 55.3 Å². The Kier molecular flexibility index (Phi) is 5.05. The van der Waals surface area contributed by atoms with E-state index in [1.54, 1.807) is 24.3 Å². The Hall–Kier alpha value is -1.77. The fourth-order valence-electron chi connectivity index (χ4n) is 1.83. The van der Waals surface area contributed by atoms with Crippen LogP contribution in [0.1, 0.15) is 16.7 Å². The number of rotatable bonds is 3. The molecule has 0 saturated heterocycles. The van der Waals surface area contributed by atoms with Crippen molar-refractivity contribution in [1.82, 2.24) is 0 Å². The van der Waals surface area contributed by atoms with Crippen LogP contribution >= 0.6 is 23.2 Å². The van der Waals surface area contributed by atoms with Crippen molar-refractivity contribution in [2.24, 2.45) is 0 Å². The Bertz CT molecular complexity index is 688. The summed E-state index contributed by atoms with van der Waals surface area (Å²) in [5.74, 6) is -0.228. The molecule has 0 heterocycles. The zero-order chi connectivity index (χ0) is 15.4. The quantitative estimate of drug-likeness (QED) is 0.768. The van der Waals surface area contributed by atoms with E-state index in [4.69, 9.17) is 23.2 Å². The highest BCUT2D eigenvalue weighted by Crippen LogP contribution is 2.25. The second-order valence-corrected chi connectivity index (χ2v) is 5.57. The lowest BCUT2D eigenvalue weighted by atomic mass is 10.1. The minimum Gasteiger partial charge on any atom is -0.323 e. The molecule has 0 saturated carbocycles. The number of nitrogens with one attached hydrogen (secondary N) is 1. The summed E-state index contributed by atoms with van der Waals surface area (Å²) in [5, 5.41) is 3.83. The van der Waals surface area contributed by atoms with Crippen molar-refractivity contribution in [1.29, 1.82) is 0 Å². The molecule has 1 N–H and O–H groups in total. The first-order valence-electron chi connectivity index (χ1n) is 6.47. The third kappa shape index (κ3) is 4.10. The van der Waals surface area contributed by atoms with Gasteiger partial charge in [-0.3, -0.25) is 4.79 Å². The maximum absolute atomic E-state index is 11.9. The first-order valence-corrected chi connectivity index (χ1v) is 7.23. The van der Waals surface area contributed by atoms with Crippen LogP contribution in [0.15, 0.2) is 42.5 Å². The van der Waals surface area contributed by atoms with Gasteiger partial charge < -0.3 is 5.32 Å². The number of anilines is 1. The van der Waals surface area contributed by atoms with Gasteiger partial charge in [0.2, 0.25) is 5.91 Å². The second-order valence-electron chi connectivity index (χ2n) is 4.76. The Morgan fingerprint density at radius 1 is 1.05 bits per heavy atom. The summed E-state index contributed by atoms with van der Waals surface area (Å²) in [5.41, 5.74) is 3.71. The molecule has 1 amide bonds. The van der Waals surface area contributed by atoms with Gasteiger partial charge in [0.15, 0.2) is 0 Å². The molecule has 2 nitrogen and oxygen atoms in total. The maximum atomic E-state index is 11.9. The largest absolute Gasteiger partial charge is 0.323 e. The van der Waals surface area contributed by atoms with Crippen LogP contribution in [0.5, 0.6) is 0 Å². The van der Waals surface area contributed by atoms with Gasteiger partial charge >= 0.3 is 0 Å². The molecule has 2 aromatic carbocycles. The number of aryl methyl sites for hydroxylation is 2. The number of hydrogen-bond acceptors (Lipinski definition) is 1. The van der Waals surface area contributed by atoms with Crippen LogP contribution in [0, 0.1) is 13.8 Å². The molecule has 0 aliphatic rings. The van der Waals surface area contributed by atoms with E-state index in [2.05, 4.69) is 5.32 Å². The Labute approximate surface area is 134 Å². The number of halogens is 2. The second kappa shape index (κ2) is 6.79. The van der Waals surface area contributed by atoms with Gasteiger partial charge in [-0.15, -0.1) is 0 Å². The minimum atomic E-state index is -0.228. The third-order valence-corrected chi connectivity index (χ3v) is 3.83. The maximum Gasteiger partial charge on any atom is 0.248 e. The van der Waals surface area contributed by atoms with Crippen LogP contribution in [0.3, 0.4) is 0 Å². The monoisotopic (exact) mass is 319 g/mol. The highest BCUT2D eigenvalue weighted by molar-refractivity contribution is 6.37. The average molecular weight is 320 g/mol. The Balaban J connectivity index is 2.11. The first-order chi connectivity index (χ1) is 9.97. The molecule has 0 spiro atoms. The fraction of sp³-hybridized carbons (Fsp3) is 0.118. The highest BCUT2D eigenvalue weighted by Gasteiger charge is 2.03. The molecule has 4 heteroatoms. The van der Waals surface area contributed by atoms with Crippen LogP contribution in [-0.4, -0.2) is 5.91 Å². The first kappa shape index (κ1) is 15.6. The molecule has 0 radical (unpaired) electrons. The smallest absolute Gasteiger partial charge is 0.248 e. The highest BCUT2D eigenvalue weighted by atomic mass is 35.5. The molecule has 0 fully saturated rings. The van der Waals surface area contributed by atoms with Gasteiger partial charge in [-0.1, -0.05) is 35.3 Å². The zero-order valence-electron chi connectivity index (χ0n) is 11.8. The summed E-state index contributed by atoms with van der Waals surface area (Å²) in [6.45, 7) is 4.03. The van der Waals surface area contributed by atoms with Gasteiger partial charge in [-0.25, -0.2) is 0 Å². The van der Waals surface area contributed by atoms with Crippen LogP contribution in [0.2, 0.25) is 10.0 Å². The molecule has 2 rings (SSSR count). The van der Waals surface area contributed by atoms with Gasteiger partial charge in [0.1, 0.15) is 0 Å². The SMILES string of the molecule is Cc1ccc(NC(=O)/C=C/c2c(Cl)cccc2Cl)cc1C. The predicted molar refractivity (Wildman–Crippen MR) is 90.0 cm³/mol.